The summed E-state index contributed by atoms with van der Waals surface area (Å²) in [6, 6.07) is 33.0. The highest BCUT2D eigenvalue weighted by Crippen LogP contribution is 2.64. The van der Waals surface area contributed by atoms with Crippen molar-refractivity contribution in [2.75, 3.05) is 71.9 Å². The standard InChI is InChI=1S/C81H88N10O14S/c1-43(2)37-101-64-32-59(75(93)88-55-25-15-20-50-66(103-39-45(5)6)34-61(84-71(50)55)77(95)90-57-27-17-22-52-68(105-41-47(9)10)36-63(79(97)100-13)86-73(52)57)82-70-49(64)19-14-24-54(70)87-76(94)60-33-65(102-38-44(3)4)51-21-16-26-56(72(51)83-60)89-78(96)62-35-67(104-40-46(7)8)53-23-18-28-58(74(53)85-62)91-106(98,99)42-81-30-29-48(31-69(81)92)80(81,11)12/h14-28,32-36,43-48,91H,29-31,37-42H2,1-13H3,(H,87,94)(H,88,93)(H,89,96)(H,90,95)/t48-,81-/m1/s1. The van der Waals surface area contributed by atoms with Gasteiger partial charge in [0.1, 0.15) is 57.3 Å². The Morgan fingerprint density at radius 1 is 0.434 bits per heavy atom. The van der Waals surface area contributed by atoms with Crippen LogP contribution in [0.5, 0.6) is 28.7 Å². The van der Waals surface area contributed by atoms with Crippen molar-refractivity contribution < 1.29 is 65.6 Å². The van der Waals surface area contributed by atoms with Crippen molar-refractivity contribution in [1.82, 2.24) is 24.9 Å². The third kappa shape index (κ3) is 15.7. The molecule has 2 aliphatic carbocycles. The van der Waals surface area contributed by atoms with Crippen molar-refractivity contribution in [2.45, 2.75) is 102 Å². The molecule has 12 rings (SSSR count). The van der Waals surface area contributed by atoms with E-state index in [1.807, 2.05) is 83.1 Å². The molecular formula is C81H88N10O14S. The Kier molecular flexibility index (Phi) is 21.5. The molecule has 0 unspecified atom stereocenters. The van der Waals surface area contributed by atoms with Gasteiger partial charge in [-0.05, 0) is 114 Å². The van der Waals surface area contributed by atoms with Gasteiger partial charge in [-0.1, -0.05) is 113 Å². The quantitative estimate of drug-likeness (QED) is 0.0284. The van der Waals surface area contributed by atoms with E-state index in [-0.39, 0.29) is 169 Å². The Morgan fingerprint density at radius 2 is 0.708 bits per heavy atom. The number of hydrogen-bond acceptors (Lipinski definition) is 19. The number of Topliss-reactive ketones (excluding diaryl/α,β-unsaturated/α-hetero) is 1. The van der Waals surface area contributed by atoms with Crippen LogP contribution < -0.4 is 49.7 Å². The largest absolute Gasteiger partial charge is 0.493 e. The Balaban J connectivity index is 0.868. The predicted octanol–water partition coefficient (Wildman–Crippen LogP) is 15.5. The van der Waals surface area contributed by atoms with Gasteiger partial charge in [-0.25, -0.2) is 38.1 Å². The molecule has 2 fully saturated rings. The zero-order chi connectivity index (χ0) is 75.7. The fraction of sp³-hybridized carbons (Fsp3) is 0.370. The van der Waals surface area contributed by atoms with Crippen molar-refractivity contribution >= 4 is 128 Å². The number of fused-ring (bicyclic) bond motifs is 7. The van der Waals surface area contributed by atoms with Crippen molar-refractivity contribution in [3.63, 3.8) is 0 Å². The second kappa shape index (κ2) is 30.6. The molecule has 0 saturated heterocycles. The van der Waals surface area contributed by atoms with E-state index in [2.05, 4.69) is 31.0 Å². The van der Waals surface area contributed by atoms with Gasteiger partial charge in [0.15, 0.2) is 5.69 Å². The summed E-state index contributed by atoms with van der Waals surface area (Å²) in [5.41, 5.74) is -0.126. The van der Waals surface area contributed by atoms with E-state index in [0.717, 1.165) is 6.42 Å². The number of esters is 1. The molecule has 0 aliphatic heterocycles. The van der Waals surface area contributed by atoms with Gasteiger partial charge in [-0.3, -0.25) is 28.7 Å². The first-order valence-corrected chi connectivity index (χ1v) is 37.4. The molecule has 25 heteroatoms. The highest BCUT2D eigenvalue weighted by Gasteiger charge is 2.65. The second-order valence-electron chi connectivity index (χ2n) is 29.9. The average molecular weight is 1460 g/mol. The number of pyridine rings is 5. The fourth-order valence-corrected chi connectivity index (χ4v) is 15.4. The SMILES string of the molecule is COC(=O)c1cc(OCC(C)C)c2cccc(NC(=O)c3cc(OCC(C)C)c4cccc(NC(=O)c5cc(OCC(C)C)c6cccc(NC(=O)c7cc(OCC(C)C)c8cccc(NC(=O)c9cc(OCC(C)C)c%10cccc(NS(=O)(=O)C[C@]%11%12CC[C@H](CC%11=O)C%12(C)C)c%10n9)c8n7)c6n5)c4n3)c2n1. The zero-order valence-corrected chi connectivity index (χ0v) is 62.6. The number of benzene rings is 5. The maximum atomic E-state index is 15.1. The van der Waals surface area contributed by atoms with E-state index in [1.54, 1.807) is 91.0 Å². The lowest BCUT2D eigenvalue weighted by Gasteiger charge is -2.36. The number of hydrogen-bond donors (Lipinski definition) is 5. The van der Waals surface area contributed by atoms with Crippen LogP contribution in [0.2, 0.25) is 0 Å². The Labute approximate surface area is 614 Å². The van der Waals surface area contributed by atoms with E-state index >= 15 is 4.79 Å². The van der Waals surface area contributed by atoms with Crippen LogP contribution >= 0.6 is 0 Å². The minimum Gasteiger partial charge on any atom is -0.493 e. The third-order valence-electron chi connectivity index (χ3n) is 19.0. The lowest BCUT2D eigenvalue weighted by molar-refractivity contribution is -0.128. The van der Waals surface area contributed by atoms with E-state index in [1.165, 1.54) is 37.4 Å². The van der Waals surface area contributed by atoms with E-state index in [0.29, 0.717) is 57.9 Å². The zero-order valence-electron chi connectivity index (χ0n) is 61.7. The molecule has 5 heterocycles. The molecule has 5 aromatic carbocycles. The number of nitrogens with zero attached hydrogens (tertiary/aromatic N) is 5. The number of ether oxygens (including phenoxy) is 6. The van der Waals surface area contributed by atoms with Gasteiger partial charge < -0.3 is 49.7 Å². The highest BCUT2D eigenvalue weighted by atomic mass is 32.2. The van der Waals surface area contributed by atoms with Crippen LogP contribution in [0.15, 0.2) is 121 Å². The monoisotopic (exact) mass is 1460 g/mol. The molecule has 2 bridgehead atoms. The van der Waals surface area contributed by atoms with Crippen LogP contribution in [0, 0.1) is 46.3 Å². The number of rotatable bonds is 28. The number of sulfonamides is 1. The Morgan fingerprint density at radius 3 is 0.972 bits per heavy atom. The number of carbonyl (C=O) groups is 6. The van der Waals surface area contributed by atoms with E-state index in [9.17, 15) is 32.4 Å². The molecule has 2 aliphatic rings. The number of amides is 4. The molecule has 5 aromatic heterocycles. The van der Waals surface area contributed by atoms with Crippen LogP contribution in [0.25, 0.3) is 54.5 Å². The van der Waals surface area contributed by atoms with Gasteiger partial charge in [0.05, 0.1) is 107 Å². The highest BCUT2D eigenvalue weighted by molar-refractivity contribution is 7.92. The van der Waals surface area contributed by atoms with Crippen molar-refractivity contribution in [3.8, 4) is 28.7 Å². The molecule has 24 nitrogen and oxygen atoms in total. The summed E-state index contributed by atoms with van der Waals surface area (Å²) in [7, 11) is -2.92. The number of para-hydroxylation sites is 5. The normalized spacial score (nSPS) is 15.5. The molecule has 106 heavy (non-hydrogen) atoms. The summed E-state index contributed by atoms with van der Waals surface area (Å²) in [5, 5.41) is 14.3. The lowest BCUT2D eigenvalue weighted by Crippen LogP contribution is -2.43. The Bertz CT molecular complexity index is 5270. The number of aromatic nitrogens is 5. The molecule has 4 amide bonds. The van der Waals surface area contributed by atoms with Crippen molar-refractivity contribution in [3.05, 3.63) is 150 Å². The molecular weight excluding hydrogens is 1370 g/mol. The maximum absolute atomic E-state index is 15.1. The van der Waals surface area contributed by atoms with Gasteiger partial charge in [0, 0.05) is 63.7 Å². The fourth-order valence-electron chi connectivity index (χ4n) is 13.5. The first kappa shape index (κ1) is 74.6. The molecule has 0 spiro atoms. The minimum absolute atomic E-state index is 0.0262. The number of nitrogens with one attached hydrogen (secondary N) is 5. The van der Waals surface area contributed by atoms with Crippen LogP contribution in [-0.4, -0.2) is 115 Å². The lowest BCUT2D eigenvalue weighted by atomic mass is 9.70. The molecule has 552 valence electrons. The Hall–Kier alpha value is -11.1. The summed E-state index contributed by atoms with van der Waals surface area (Å²) in [6.45, 7) is 25.1. The van der Waals surface area contributed by atoms with E-state index in [4.69, 9.17) is 48.4 Å². The molecule has 0 radical (unpaired) electrons. The van der Waals surface area contributed by atoms with Gasteiger partial charge in [0.2, 0.25) is 10.0 Å². The van der Waals surface area contributed by atoms with Crippen molar-refractivity contribution in [1.29, 1.82) is 0 Å². The summed E-state index contributed by atoms with van der Waals surface area (Å²) in [4.78, 5) is 110. The third-order valence-corrected chi connectivity index (χ3v) is 20.4. The molecule has 10 aromatic rings. The minimum atomic E-state index is -4.17. The number of methoxy groups -OCH3 is 1. The summed E-state index contributed by atoms with van der Waals surface area (Å²) in [6.07, 6.45) is 1.60. The molecule has 2 saturated carbocycles. The summed E-state index contributed by atoms with van der Waals surface area (Å²) < 4.78 is 68.0. The van der Waals surface area contributed by atoms with E-state index < -0.39 is 56.2 Å². The van der Waals surface area contributed by atoms with Gasteiger partial charge >= 0.3 is 5.97 Å². The smallest absolute Gasteiger partial charge is 0.356 e. The first-order chi connectivity index (χ1) is 50.5. The first-order valence-electron chi connectivity index (χ1n) is 35.7. The van der Waals surface area contributed by atoms with Gasteiger partial charge in [0.25, 0.3) is 23.6 Å². The van der Waals surface area contributed by atoms with Crippen LogP contribution in [-0.2, 0) is 19.6 Å². The maximum Gasteiger partial charge on any atom is 0.356 e. The van der Waals surface area contributed by atoms with Crippen LogP contribution in [0.3, 0.4) is 0 Å². The predicted molar refractivity (Wildman–Crippen MR) is 410 cm³/mol. The summed E-state index contributed by atoms with van der Waals surface area (Å²) in [5.74, 6) is -1.87. The van der Waals surface area contributed by atoms with Gasteiger partial charge in [-0.2, -0.15) is 0 Å². The number of anilines is 5. The summed E-state index contributed by atoms with van der Waals surface area (Å²) >= 11 is 0. The number of carbonyl (C=O) groups excluding carboxylic acids is 6. The van der Waals surface area contributed by atoms with Crippen molar-refractivity contribution in [2.24, 2.45) is 46.3 Å². The molecule has 2 atom stereocenters. The topological polar surface area (TPSA) is 317 Å². The van der Waals surface area contributed by atoms with Crippen LogP contribution in [0.4, 0.5) is 28.4 Å². The average Bonchev–Trinajstić information content (AvgIpc) is 1.54. The van der Waals surface area contributed by atoms with Gasteiger partial charge in [-0.15, -0.1) is 0 Å². The second-order valence-corrected chi connectivity index (χ2v) is 31.6. The molecule has 5 N–H and O–H groups in total. The van der Waals surface area contributed by atoms with Crippen LogP contribution in [0.1, 0.15) is 155 Å². The number of ketones is 1.